The first-order valence-electron chi connectivity index (χ1n) is 7.47. The standard InChI is InChI=1S/C18H19BrN2O2/c1-3-9-20-17(22)13-5-4-6-14(11-13)18(23)21-15-7-8-16(19)12(2)10-15/h4-8,10-11H,3,9H2,1-2H3,(H,20,22)(H,21,23). The molecule has 0 aliphatic heterocycles. The Morgan fingerprint density at radius 2 is 1.74 bits per heavy atom. The fourth-order valence-corrected chi connectivity index (χ4v) is 2.31. The first-order valence-corrected chi connectivity index (χ1v) is 8.26. The molecule has 2 amide bonds. The number of aryl methyl sites for hydroxylation is 1. The van der Waals surface area contributed by atoms with Crippen molar-refractivity contribution in [3.05, 3.63) is 63.6 Å². The largest absolute Gasteiger partial charge is 0.352 e. The molecule has 0 spiro atoms. The minimum absolute atomic E-state index is 0.166. The van der Waals surface area contributed by atoms with Gasteiger partial charge in [-0.1, -0.05) is 28.9 Å². The molecule has 0 fully saturated rings. The van der Waals surface area contributed by atoms with Crippen LogP contribution >= 0.6 is 15.9 Å². The van der Waals surface area contributed by atoms with E-state index in [4.69, 9.17) is 0 Å². The van der Waals surface area contributed by atoms with E-state index in [1.165, 1.54) is 0 Å². The highest BCUT2D eigenvalue weighted by Gasteiger charge is 2.10. The Morgan fingerprint density at radius 1 is 1.04 bits per heavy atom. The predicted octanol–water partition coefficient (Wildman–Crippen LogP) is 4.15. The summed E-state index contributed by atoms with van der Waals surface area (Å²) in [6.45, 7) is 4.57. The highest BCUT2D eigenvalue weighted by molar-refractivity contribution is 9.10. The molecule has 2 N–H and O–H groups in total. The molecule has 2 aromatic rings. The fraction of sp³-hybridized carbons (Fsp3) is 0.222. The van der Waals surface area contributed by atoms with Crippen molar-refractivity contribution >= 4 is 33.4 Å². The van der Waals surface area contributed by atoms with E-state index in [-0.39, 0.29) is 11.8 Å². The molecule has 120 valence electrons. The van der Waals surface area contributed by atoms with Crippen LogP contribution in [-0.4, -0.2) is 18.4 Å². The molecule has 2 rings (SSSR count). The SMILES string of the molecule is CCCNC(=O)c1cccc(C(=O)Nc2ccc(Br)c(C)c2)c1. The van der Waals surface area contributed by atoms with Crippen LogP contribution in [0.4, 0.5) is 5.69 Å². The van der Waals surface area contributed by atoms with E-state index in [1.54, 1.807) is 24.3 Å². The number of carbonyl (C=O) groups is 2. The normalized spacial score (nSPS) is 10.2. The zero-order valence-corrected chi connectivity index (χ0v) is 14.7. The number of halogens is 1. The molecule has 0 bridgehead atoms. The average molecular weight is 375 g/mol. The maximum Gasteiger partial charge on any atom is 0.255 e. The summed E-state index contributed by atoms with van der Waals surface area (Å²) in [6, 6.07) is 12.3. The Hall–Kier alpha value is -2.14. The Morgan fingerprint density at radius 3 is 2.39 bits per heavy atom. The van der Waals surface area contributed by atoms with E-state index in [2.05, 4.69) is 26.6 Å². The number of carbonyl (C=O) groups excluding carboxylic acids is 2. The Bertz CT molecular complexity index is 729. The van der Waals surface area contributed by atoms with Crippen LogP contribution in [0.3, 0.4) is 0 Å². The van der Waals surface area contributed by atoms with Crippen molar-refractivity contribution in [2.45, 2.75) is 20.3 Å². The molecule has 0 unspecified atom stereocenters. The quantitative estimate of drug-likeness (QED) is 0.825. The van der Waals surface area contributed by atoms with Crippen LogP contribution < -0.4 is 10.6 Å². The third kappa shape index (κ3) is 4.66. The second-order valence-corrected chi connectivity index (χ2v) is 6.11. The summed E-state index contributed by atoms with van der Waals surface area (Å²) in [5, 5.41) is 5.65. The van der Waals surface area contributed by atoms with Gasteiger partial charge in [0.2, 0.25) is 0 Å². The lowest BCUT2D eigenvalue weighted by Gasteiger charge is -2.09. The van der Waals surface area contributed by atoms with Gasteiger partial charge in [-0.15, -0.1) is 0 Å². The number of rotatable bonds is 5. The zero-order chi connectivity index (χ0) is 16.8. The number of nitrogens with one attached hydrogen (secondary N) is 2. The van der Waals surface area contributed by atoms with Crippen molar-refractivity contribution in [1.82, 2.24) is 5.32 Å². The monoisotopic (exact) mass is 374 g/mol. The van der Waals surface area contributed by atoms with Gasteiger partial charge in [0.1, 0.15) is 0 Å². The van der Waals surface area contributed by atoms with Gasteiger partial charge in [-0.25, -0.2) is 0 Å². The summed E-state index contributed by atoms with van der Waals surface area (Å²) >= 11 is 3.43. The molecule has 23 heavy (non-hydrogen) atoms. The van der Waals surface area contributed by atoms with Gasteiger partial charge in [-0.3, -0.25) is 9.59 Å². The third-order valence-corrected chi connectivity index (χ3v) is 4.23. The van der Waals surface area contributed by atoms with Crippen LogP contribution in [0.25, 0.3) is 0 Å². The second-order valence-electron chi connectivity index (χ2n) is 5.25. The minimum atomic E-state index is -0.239. The molecule has 0 aliphatic rings. The lowest BCUT2D eigenvalue weighted by molar-refractivity contribution is 0.0953. The molecule has 0 saturated heterocycles. The first-order chi connectivity index (χ1) is 11.0. The minimum Gasteiger partial charge on any atom is -0.352 e. The van der Waals surface area contributed by atoms with Gasteiger partial charge in [-0.2, -0.15) is 0 Å². The van der Waals surface area contributed by atoms with Crippen molar-refractivity contribution in [2.24, 2.45) is 0 Å². The molecule has 0 saturated carbocycles. The fourth-order valence-electron chi connectivity index (χ4n) is 2.07. The smallest absolute Gasteiger partial charge is 0.255 e. The van der Waals surface area contributed by atoms with Crippen molar-refractivity contribution < 1.29 is 9.59 Å². The number of anilines is 1. The maximum atomic E-state index is 12.3. The summed E-state index contributed by atoms with van der Waals surface area (Å²) < 4.78 is 0.991. The predicted molar refractivity (Wildman–Crippen MR) is 95.9 cm³/mol. The number of hydrogen-bond acceptors (Lipinski definition) is 2. The summed E-state index contributed by atoms with van der Waals surface area (Å²) in [7, 11) is 0. The Labute approximate surface area is 144 Å². The van der Waals surface area contributed by atoms with Crippen LogP contribution in [0.2, 0.25) is 0 Å². The third-order valence-electron chi connectivity index (χ3n) is 3.34. The number of amides is 2. The van der Waals surface area contributed by atoms with Crippen LogP contribution in [0.1, 0.15) is 39.6 Å². The second kappa shape index (κ2) is 7.92. The van der Waals surface area contributed by atoms with Crippen molar-refractivity contribution in [3.63, 3.8) is 0 Å². The van der Waals surface area contributed by atoms with Crippen LogP contribution in [0.15, 0.2) is 46.9 Å². The van der Waals surface area contributed by atoms with Crippen LogP contribution in [-0.2, 0) is 0 Å². The van der Waals surface area contributed by atoms with E-state index in [1.807, 2.05) is 32.0 Å². The van der Waals surface area contributed by atoms with E-state index >= 15 is 0 Å². The van der Waals surface area contributed by atoms with Gasteiger partial charge in [0, 0.05) is 27.8 Å². The summed E-state index contributed by atoms with van der Waals surface area (Å²) in [4.78, 5) is 24.3. The lowest BCUT2D eigenvalue weighted by Crippen LogP contribution is -2.24. The zero-order valence-electron chi connectivity index (χ0n) is 13.2. The lowest BCUT2D eigenvalue weighted by atomic mass is 10.1. The summed E-state index contributed by atoms with van der Waals surface area (Å²) in [5.41, 5.74) is 2.69. The molecule has 5 heteroatoms. The Kier molecular flexibility index (Phi) is 5.93. The van der Waals surface area contributed by atoms with Crippen molar-refractivity contribution in [3.8, 4) is 0 Å². The van der Waals surface area contributed by atoms with Crippen LogP contribution in [0.5, 0.6) is 0 Å². The molecular formula is C18H19BrN2O2. The molecule has 4 nitrogen and oxygen atoms in total. The van der Waals surface area contributed by atoms with Crippen molar-refractivity contribution in [1.29, 1.82) is 0 Å². The number of benzene rings is 2. The van der Waals surface area contributed by atoms with E-state index in [0.29, 0.717) is 17.7 Å². The van der Waals surface area contributed by atoms with E-state index in [0.717, 1.165) is 22.1 Å². The van der Waals surface area contributed by atoms with Crippen LogP contribution in [0, 0.1) is 6.92 Å². The molecule has 2 aromatic carbocycles. The van der Waals surface area contributed by atoms with Gasteiger partial charge in [0.25, 0.3) is 11.8 Å². The maximum absolute atomic E-state index is 12.3. The van der Waals surface area contributed by atoms with Crippen molar-refractivity contribution in [2.75, 3.05) is 11.9 Å². The van der Waals surface area contributed by atoms with Gasteiger partial charge < -0.3 is 10.6 Å². The first kappa shape index (κ1) is 17.2. The summed E-state index contributed by atoms with van der Waals surface area (Å²) in [5.74, 6) is -0.405. The van der Waals surface area contributed by atoms with E-state index in [9.17, 15) is 9.59 Å². The molecule has 0 atom stereocenters. The molecule has 0 radical (unpaired) electrons. The topological polar surface area (TPSA) is 58.2 Å². The Balaban J connectivity index is 2.13. The highest BCUT2D eigenvalue weighted by atomic mass is 79.9. The average Bonchev–Trinajstić information content (AvgIpc) is 2.56. The molecule has 0 heterocycles. The molecule has 0 aliphatic carbocycles. The molecular weight excluding hydrogens is 356 g/mol. The van der Waals surface area contributed by atoms with Gasteiger partial charge in [0.05, 0.1) is 0 Å². The van der Waals surface area contributed by atoms with E-state index < -0.39 is 0 Å². The highest BCUT2D eigenvalue weighted by Crippen LogP contribution is 2.20. The molecule has 0 aromatic heterocycles. The van der Waals surface area contributed by atoms with Gasteiger partial charge >= 0.3 is 0 Å². The summed E-state index contributed by atoms with van der Waals surface area (Å²) in [6.07, 6.45) is 0.870. The van der Waals surface area contributed by atoms with Gasteiger partial charge in [-0.05, 0) is 55.3 Å². The van der Waals surface area contributed by atoms with Gasteiger partial charge in [0.15, 0.2) is 0 Å². The number of hydrogen-bond donors (Lipinski definition) is 2.